The van der Waals surface area contributed by atoms with Crippen LogP contribution in [0.3, 0.4) is 0 Å². The molecule has 1 aromatic carbocycles. The number of nitrogens with two attached hydrogens (primary N) is 1. The van der Waals surface area contributed by atoms with Crippen molar-refractivity contribution in [3.05, 3.63) is 36.2 Å². The van der Waals surface area contributed by atoms with Gasteiger partial charge in [-0.25, -0.2) is 28.1 Å². The molecule has 20 heteroatoms. The van der Waals surface area contributed by atoms with E-state index in [2.05, 4.69) is 14.7 Å². The Hall–Kier alpha value is -4.43. The second-order valence-corrected chi connectivity index (χ2v) is 14.4. The van der Waals surface area contributed by atoms with E-state index in [-0.39, 0.29) is 40.8 Å². The lowest BCUT2D eigenvalue weighted by Crippen LogP contribution is -2.49. The molecule has 3 aromatic rings. The second-order valence-electron chi connectivity index (χ2n) is 12.6. The first-order valence-electron chi connectivity index (χ1n) is 16.7. The van der Waals surface area contributed by atoms with Gasteiger partial charge in [-0.15, -0.1) is 13.2 Å². The van der Waals surface area contributed by atoms with E-state index < -0.39 is 66.7 Å². The SMILES string of the molecule is Nc1nccc2cc(C[C@H](C(=O)OCOC(=O)OC3CCCCC3)N3CC[C@H](N(c4cnc(N5CCCC5)s4)S(=O)O)C3=O)c(OC(F)(F)F)cc12. The van der Waals surface area contributed by atoms with Gasteiger partial charge in [0, 0.05) is 37.6 Å². The van der Waals surface area contributed by atoms with Gasteiger partial charge in [-0.1, -0.05) is 17.8 Å². The highest BCUT2D eigenvalue weighted by Crippen LogP contribution is 2.37. The lowest BCUT2D eigenvalue weighted by molar-refractivity contribution is -0.274. The maximum Gasteiger partial charge on any atom is 0.573 e. The minimum absolute atomic E-state index is 0.0259. The fourth-order valence-electron chi connectivity index (χ4n) is 6.73. The minimum atomic E-state index is -5.13. The maximum atomic E-state index is 14.1. The van der Waals surface area contributed by atoms with E-state index in [1.54, 1.807) is 0 Å². The van der Waals surface area contributed by atoms with Crippen LogP contribution < -0.4 is 19.7 Å². The Bertz CT molecular complexity index is 1800. The zero-order chi connectivity index (χ0) is 37.0. The van der Waals surface area contributed by atoms with Gasteiger partial charge in [0.15, 0.2) is 5.13 Å². The minimum Gasteiger partial charge on any atom is -0.431 e. The third-order valence-corrected chi connectivity index (χ3v) is 11.2. The van der Waals surface area contributed by atoms with Crippen molar-refractivity contribution in [2.45, 2.75) is 82.3 Å². The zero-order valence-electron chi connectivity index (χ0n) is 27.8. The van der Waals surface area contributed by atoms with Crippen molar-refractivity contribution in [1.29, 1.82) is 0 Å². The molecule has 282 valence electrons. The average molecular weight is 771 g/mol. The number of likely N-dealkylation sites (tertiary alicyclic amines) is 1. The van der Waals surface area contributed by atoms with Crippen molar-refractivity contribution in [3.8, 4) is 5.75 Å². The number of hydrogen-bond donors (Lipinski definition) is 2. The van der Waals surface area contributed by atoms with Crippen LogP contribution in [0.15, 0.2) is 30.6 Å². The molecule has 2 aromatic heterocycles. The molecule has 3 atom stereocenters. The topological polar surface area (TPSA) is 187 Å². The van der Waals surface area contributed by atoms with Gasteiger partial charge in [-0.3, -0.25) is 9.35 Å². The number of esters is 1. The van der Waals surface area contributed by atoms with Crippen LogP contribution >= 0.6 is 11.3 Å². The average Bonchev–Trinajstić information content (AvgIpc) is 3.87. The number of pyridine rings is 1. The van der Waals surface area contributed by atoms with Crippen LogP contribution in [0.25, 0.3) is 10.8 Å². The molecule has 3 fully saturated rings. The third-order valence-electron chi connectivity index (χ3n) is 9.19. The van der Waals surface area contributed by atoms with E-state index in [1.807, 2.05) is 4.90 Å². The molecular weight excluding hydrogens is 734 g/mol. The number of carbonyl (C=O) groups excluding carboxylic acids is 3. The Kier molecular flexibility index (Phi) is 11.5. The molecule has 6 rings (SSSR count). The van der Waals surface area contributed by atoms with E-state index in [4.69, 9.17) is 19.9 Å². The fourth-order valence-corrected chi connectivity index (χ4v) is 8.57. The van der Waals surface area contributed by atoms with Gasteiger partial charge in [-0.05, 0) is 74.1 Å². The number of amides is 1. The van der Waals surface area contributed by atoms with E-state index >= 15 is 0 Å². The van der Waals surface area contributed by atoms with Crippen LogP contribution in [0.5, 0.6) is 5.75 Å². The highest BCUT2D eigenvalue weighted by molar-refractivity contribution is 7.81. The number of nitrogens with zero attached hydrogens (tertiary/aromatic N) is 5. The van der Waals surface area contributed by atoms with Crippen LogP contribution in [-0.4, -0.2) is 92.6 Å². The number of halogens is 3. The second kappa shape index (κ2) is 16.1. The first-order valence-corrected chi connectivity index (χ1v) is 18.6. The molecule has 2 aliphatic heterocycles. The van der Waals surface area contributed by atoms with Crippen LogP contribution in [0.4, 0.5) is 33.9 Å². The Balaban J connectivity index is 1.26. The number of carbonyl (C=O) groups is 3. The van der Waals surface area contributed by atoms with Crippen LogP contribution in [0.2, 0.25) is 0 Å². The number of anilines is 3. The molecule has 0 bridgehead atoms. The molecule has 2 saturated heterocycles. The summed E-state index contributed by atoms with van der Waals surface area (Å²) in [5.74, 6) is -2.62. The molecule has 52 heavy (non-hydrogen) atoms. The predicted octanol–water partition coefficient (Wildman–Crippen LogP) is 4.91. The number of hydrogen-bond acceptors (Lipinski definition) is 13. The molecule has 1 unspecified atom stereocenters. The molecule has 3 aliphatic rings. The Morgan fingerprint density at radius 2 is 1.83 bits per heavy atom. The van der Waals surface area contributed by atoms with Crippen molar-refractivity contribution < 1.29 is 55.3 Å². The summed E-state index contributed by atoms with van der Waals surface area (Å²) in [4.78, 5) is 51.5. The van der Waals surface area contributed by atoms with Gasteiger partial charge in [0.1, 0.15) is 34.8 Å². The van der Waals surface area contributed by atoms with Crippen LogP contribution in [0.1, 0.15) is 56.9 Å². The molecule has 3 N–H and O–H groups in total. The molecule has 4 heterocycles. The Labute approximate surface area is 302 Å². The highest BCUT2D eigenvalue weighted by Gasteiger charge is 2.45. The van der Waals surface area contributed by atoms with Gasteiger partial charge in [-0.2, -0.15) is 0 Å². The molecule has 15 nitrogen and oxygen atoms in total. The van der Waals surface area contributed by atoms with Gasteiger partial charge in [0.25, 0.3) is 11.3 Å². The number of rotatable bonds is 12. The summed E-state index contributed by atoms with van der Waals surface area (Å²) >= 11 is -1.55. The van der Waals surface area contributed by atoms with E-state index in [0.717, 1.165) is 71.8 Å². The summed E-state index contributed by atoms with van der Waals surface area (Å²) < 4.78 is 84.7. The zero-order valence-corrected chi connectivity index (χ0v) is 29.4. The normalized spacial score (nSPS) is 19.5. The van der Waals surface area contributed by atoms with Crippen molar-refractivity contribution in [3.63, 3.8) is 0 Å². The molecule has 0 spiro atoms. The third kappa shape index (κ3) is 8.77. The van der Waals surface area contributed by atoms with Crippen molar-refractivity contribution in [1.82, 2.24) is 14.9 Å². The maximum absolute atomic E-state index is 14.1. The standard InChI is InChI=1S/C32H37F3N6O9S2/c33-32(34,35)50-25-16-22-19(8-10-37-27(22)36)14-20(25)15-24(29(43)47-18-48-31(44)49-21-6-2-1-3-7-21)40-13-9-23(28(40)42)41(52(45)46)26-17-38-30(51-26)39-11-4-5-12-39/h8,10,14,16-17,21,23-24H,1-7,9,11-13,15,18H2,(H2,36,37)(H,45,46)/t23-,24+/m0/s1. The fraction of sp³-hybridized carbons (Fsp3) is 0.531. The number of aromatic nitrogens is 2. The van der Waals surface area contributed by atoms with Gasteiger partial charge in [0.2, 0.25) is 12.7 Å². The molecule has 1 amide bonds. The Morgan fingerprint density at radius 1 is 1.08 bits per heavy atom. The van der Waals surface area contributed by atoms with Gasteiger partial charge in [0.05, 0.1) is 6.20 Å². The lowest BCUT2D eigenvalue weighted by Gasteiger charge is -2.29. The van der Waals surface area contributed by atoms with Crippen molar-refractivity contribution in [2.24, 2.45) is 0 Å². The first kappa shape index (κ1) is 37.3. The van der Waals surface area contributed by atoms with E-state index in [0.29, 0.717) is 23.4 Å². The summed E-state index contributed by atoms with van der Waals surface area (Å²) in [6.07, 6.45) is 1.74. The largest absolute Gasteiger partial charge is 0.573 e. The molecule has 1 saturated carbocycles. The number of thiazole rings is 1. The summed E-state index contributed by atoms with van der Waals surface area (Å²) in [6, 6.07) is 1.06. The summed E-state index contributed by atoms with van der Waals surface area (Å²) in [7, 11) is 0. The smallest absolute Gasteiger partial charge is 0.431 e. The van der Waals surface area contributed by atoms with Crippen molar-refractivity contribution >= 4 is 67.4 Å². The summed E-state index contributed by atoms with van der Waals surface area (Å²) in [6.45, 7) is 0.508. The molecular formula is C32H37F3N6O9S2. The van der Waals surface area contributed by atoms with Gasteiger partial charge >= 0.3 is 18.5 Å². The monoisotopic (exact) mass is 770 g/mol. The summed E-state index contributed by atoms with van der Waals surface area (Å²) in [5.41, 5.74) is 5.78. The number of fused-ring (bicyclic) bond motifs is 1. The van der Waals surface area contributed by atoms with E-state index in [1.165, 1.54) is 24.5 Å². The lowest BCUT2D eigenvalue weighted by atomic mass is 9.98. The van der Waals surface area contributed by atoms with Crippen LogP contribution in [-0.2, 0) is 41.5 Å². The highest BCUT2D eigenvalue weighted by atomic mass is 32.2. The summed E-state index contributed by atoms with van der Waals surface area (Å²) in [5, 5.41) is 1.40. The molecule has 1 aliphatic carbocycles. The molecule has 0 radical (unpaired) electrons. The van der Waals surface area contributed by atoms with Crippen LogP contribution in [0, 0.1) is 0 Å². The first-order chi connectivity index (χ1) is 24.9. The number of alkyl halides is 3. The number of nitrogen functional groups attached to an aromatic ring is 1. The predicted molar refractivity (Wildman–Crippen MR) is 183 cm³/mol. The van der Waals surface area contributed by atoms with E-state index in [9.17, 15) is 36.3 Å². The Morgan fingerprint density at radius 3 is 2.54 bits per heavy atom. The number of ether oxygens (including phenoxy) is 4. The van der Waals surface area contributed by atoms with Gasteiger partial charge < -0.3 is 34.5 Å². The quantitative estimate of drug-likeness (QED) is 0.144. The number of benzene rings is 1. The van der Waals surface area contributed by atoms with Crippen molar-refractivity contribution in [2.75, 3.05) is 41.4 Å².